The number of carbonyl (C=O) groups is 2. The van der Waals surface area contributed by atoms with E-state index in [1.807, 2.05) is 12.1 Å². The summed E-state index contributed by atoms with van der Waals surface area (Å²) in [6.07, 6.45) is 28.5. The van der Waals surface area contributed by atoms with E-state index < -0.39 is 17.1 Å². The zero-order valence-corrected chi connectivity index (χ0v) is 30.5. The van der Waals surface area contributed by atoms with Crippen LogP contribution in [0.25, 0.3) is 0 Å². The topological polar surface area (TPSA) is 71.1 Å². The fourth-order valence-electron chi connectivity index (χ4n) is 9.47. The molecule has 1 aliphatic heterocycles. The predicted octanol–water partition coefficient (Wildman–Crippen LogP) is 11.0. The second-order valence-electron chi connectivity index (χ2n) is 15.2. The maximum absolute atomic E-state index is 13.7. The molecule has 1 spiro atoms. The van der Waals surface area contributed by atoms with E-state index in [-0.39, 0.29) is 17.9 Å². The molecule has 0 unspecified atom stereocenters. The van der Waals surface area contributed by atoms with E-state index in [0.29, 0.717) is 30.8 Å². The second-order valence-corrected chi connectivity index (χ2v) is 15.2. The SMILES string of the molecule is CCCCCCCCCCCC(=O)OC1=CC[C@@]2(OC(=O)CCCCCCCCCCC)[C@@H]3CCC[C@@]24c2c(ccc(OC)c2O[C@@H]14)C3. The normalized spacial score (nSPS) is 24.8. The Morgan fingerprint density at radius 2 is 1.38 bits per heavy atom. The van der Waals surface area contributed by atoms with Crippen molar-refractivity contribution in [3.05, 3.63) is 35.1 Å². The molecule has 48 heavy (non-hydrogen) atoms. The maximum Gasteiger partial charge on any atom is 0.310 e. The zero-order chi connectivity index (χ0) is 33.8. The second kappa shape index (κ2) is 17.9. The van der Waals surface area contributed by atoms with Gasteiger partial charge < -0.3 is 18.9 Å². The molecule has 1 aromatic rings. The molecule has 0 aromatic heterocycles. The van der Waals surface area contributed by atoms with Gasteiger partial charge in [-0.05, 0) is 49.8 Å². The summed E-state index contributed by atoms with van der Waals surface area (Å²) in [7, 11) is 1.67. The molecule has 0 radical (unpaired) electrons. The van der Waals surface area contributed by atoms with Crippen molar-refractivity contribution in [3.63, 3.8) is 0 Å². The van der Waals surface area contributed by atoms with E-state index in [2.05, 4.69) is 19.9 Å². The summed E-state index contributed by atoms with van der Waals surface area (Å²) < 4.78 is 25.6. The molecule has 4 aliphatic rings. The standard InChI is InChI=1S/C42H64O6/c1-4-6-8-10-12-14-16-18-20-24-36(43)46-35-28-30-42(48-37(44)25-21-19-17-15-13-11-9-7-5-2)33-23-22-29-41(42)38-32(31-33)26-27-34(45-3)39(38)47-40(35)41/h26-28,33,40H,4-25,29-31H2,1-3H3/t33-,40+,41+,42-/m1/s1. The fraction of sp³-hybridized carbons (Fsp3) is 0.762. The largest absolute Gasteiger partial charge is 0.493 e. The highest BCUT2D eigenvalue weighted by molar-refractivity contribution is 5.73. The first-order valence-corrected chi connectivity index (χ1v) is 20.0. The van der Waals surface area contributed by atoms with Crippen LogP contribution in [0.4, 0.5) is 0 Å². The minimum Gasteiger partial charge on any atom is -0.493 e. The number of rotatable bonds is 23. The average molecular weight is 665 g/mol. The van der Waals surface area contributed by atoms with Gasteiger partial charge in [-0.1, -0.05) is 129 Å². The number of methoxy groups -OCH3 is 1. The molecule has 1 heterocycles. The van der Waals surface area contributed by atoms with Crippen LogP contribution in [0, 0.1) is 5.92 Å². The fourth-order valence-corrected chi connectivity index (χ4v) is 9.47. The molecule has 0 amide bonds. The molecule has 0 N–H and O–H groups in total. The first-order valence-electron chi connectivity index (χ1n) is 20.0. The minimum absolute atomic E-state index is 0.0954. The Morgan fingerprint density at radius 3 is 1.98 bits per heavy atom. The van der Waals surface area contributed by atoms with Crippen LogP contribution in [-0.2, 0) is 30.9 Å². The summed E-state index contributed by atoms with van der Waals surface area (Å²) in [6.45, 7) is 4.50. The van der Waals surface area contributed by atoms with E-state index in [1.165, 1.54) is 95.5 Å². The third kappa shape index (κ3) is 7.94. The van der Waals surface area contributed by atoms with Gasteiger partial charge in [0, 0.05) is 30.7 Å². The minimum atomic E-state index is -0.704. The van der Waals surface area contributed by atoms with Crippen molar-refractivity contribution >= 4 is 11.9 Å². The molecule has 1 aromatic carbocycles. The number of hydrogen-bond acceptors (Lipinski definition) is 6. The van der Waals surface area contributed by atoms with E-state index in [9.17, 15) is 9.59 Å². The third-order valence-corrected chi connectivity index (χ3v) is 11.9. The smallest absolute Gasteiger partial charge is 0.310 e. The Kier molecular flexibility index (Phi) is 13.7. The maximum atomic E-state index is 13.7. The van der Waals surface area contributed by atoms with Crippen LogP contribution >= 0.6 is 0 Å². The molecule has 2 bridgehead atoms. The highest BCUT2D eigenvalue weighted by Gasteiger charge is 2.73. The summed E-state index contributed by atoms with van der Waals surface area (Å²) in [5.41, 5.74) is 1.10. The molecule has 1 saturated carbocycles. The van der Waals surface area contributed by atoms with E-state index in [4.69, 9.17) is 18.9 Å². The number of esters is 2. The van der Waals surface area contributed by atoms with Gasteiger partial charge in [-0.25, -0.2) is 0 Å². The Hall–Kier alpha value is -2.50. The number of carbonyl (C=O) groups excluding carboxylic acids is 2. The summed E-state index contributed by atoms with van der Waals surface area (Å²) in [6, 6.07) is 4.17. The quantitative estimate of drug-likeness (QED) is 0.0856. The van der Waals surface area contributed by atoms with Crippen LogP contribution in [0.5, 0.6) is 11.5 Å². The van der Waals surface area contributed by atoms with Crippen LogP contribution in [-0.4, -0.2) is 30.8 Å². The summed E-state index contributed by atoms with van der Waals surface area (Å²) >= 11 is 0. The van der Waals surface area contributed by atoms with Gasteiger partial charge in [0.15, 0.2) is 17.6 Å². The van der Waals surface area contributed by atoms with Gasteiger partial charge in [0.2, 0.25) is 0 Å². The van der Waals surface area contributed by atoms with E-state index in [1.54, 1.807) is 7.11 Å². The lowest BCUT2D eigenvalue weighted by molar-refractivity contribution is -0.201. The van der Waals surface area contributed by atoms with Crippen molar-refractivity contribution in [2.24, 2.45) is 5.92 Å². The van der Waals surface area contributed by atoms with Crippen LogP contribution in [0.1, 0.15) is 179 Å². The molecular formula is C42H64O6. The Bertz CT molecular complexity index is 1240. The molecule has 5 rings (SSSR count). The summed E-state index contributed by atoms with van der Waals surface area (Å²) in [5, 5.41) is 0. The van der Waals surface area contributed by atoms with Gasteiger partial charge in [-0.15, -0.1) is 0 Å². The lowest BCUT2D eigenvalue weighted by Gasteiger charge is -2.60. The first-order chi connectivity index (χ1) is 23.5. The van der Waals surface area contributed by atoms with Gasteiger partial charge in [0.25, 0.3) is 0 Å². The Balaban J connectivity index is 1.24. The average Bonchev–Trinajstić information content (AvgIpc) is 3.43. The molecule has 3 aliphatic carbocycles. The van der Waals surface area contributed by atoms with Gasteiger partial charge in [-0.3, -0.25) is 9.59 Å². The lowest BCUT2D eigenvalue weighted by Crippen LogP contribution is -2.69. The molecular weight excluding hydrogens is 600 g/mol. The van der Waals surface area contributed by atoms with Gasteiger partial charge >= 0.3 is 11.9 Å². The number of hydrogen-bond donors (Lipinski definition) is 0. The van der Waals surface area contributed by atoms with Gasteiger partial charge in [-0.2, -0.15) is 0 Å². The van der Waals surface area contributed by atoms with Crippen molar-refractivity contribution in [1.82, 2.24) is 0 Å². The molecule has 4 atom stereocenters. The molecule has 1 fully saturated rings. The Labute approximate surface area is 291 Å². The third-order valence-electron chi connectivity index (χ3n) is 11.9. The highest BCUT2D eigenvalue weighted by Crippen LogP contribution is 2.68. The van der Waals surface area contributed by atoms with E-state index >= 15 is 0 Å². The van der Waals surface area contributed by atoms with Gasteiger partial charge in [0.05, 0.1) is 12.5 Å². The van der Waals surface area contributed by atoms with Crippen LogP contribution in [0.15, 0.2) is 24.0 Å². The molecule has 6 nitrogen and oxygen atoms in total. The molecule has 0 saturated heterocycles. The van der Waals surface area contributed by atoms with Crippen molar-refractivity contribution in [2.75, 3.05) is 7.11 Å². The van der Waals surface area contributed by atoms with Crippen molar-refractivity contribution in [1.29, 1.82) is 0 Å². The number of benzene rings is 1. The van der Waals surface area contributed by atoms with Crippen molar-refractivity contribution < 1.29 is 28.5 Å². The molecule has 6 heteroatoms. The predicted molar refractivity (Wildman–Crippen MR) is 191 cm³/mol. The van der Waals surface area contributed by atoms with Crippen LogP contribution in [0.3, 0.4) is 0 Å². The number of ether oxygens (including phenoxy) is 4. The zero-order valence-electron chi connectivity index (χ0n) is 30.5. The van der Waals surface area contributed by atoms with Gasteiger partial charge in [0.1, 0.15) is 11.4 Å². The van der Waals surface area contributed by atoms with Crippen molar-refractivity contribution in [2.45, 2.75) is 191 Å². The molecule has 268 valence electrons. The monoisotopic (exact) mass is 664 g/mol. The van der Waals surface area contributed by atoms with Crippen LogP contribution in [0.2, 0.25) is 0 Å². The van der Waals surface area contributed by atoms with Crippen molar-refractivity contribution in [3.8, 4) is 11.5 Å². The summed E-state index contributed by atoms with van der Waals surface area (Å²) in [4.78, 5) is 26.9. The van der Waals surface area contributed by atoms with E-state index in [0.717, 1.165) is 62.7 Å². The highest BCUT2D eigenvalue weighted by atomic mass is 16.6. The number of unbranched alkanes of at least 4 members (excludes halogenated alkanes) is 16. The Morgan fingerprint density at radius 1 is 0.792 bits per heavy atom. The summed E-state index contributed by atoms with van der Waals surface area (Å²) in [5.74, 6) is 1.94. The van der Waals surface area contributed by atoms with Crippen LogP contribution < -0.4 is 9.47 Å². The lowest BCUT2D eigenvalue weighted by atomic mass is 9.46. The first kappa shape index (κ1) is 36.8.